The molecule has 2 aromatic rings. The van der Waals surface area contributed by atoms with Crippen LogP contribution in [0.4, 0.5) is 0 Å². The number of aryl methyl sites for hydroxylation is 1. The average molecular weight is 353 g/mol. The van der Waals surface area contributed by atoms with E-state index >= 15 is 0 Å². The zero-order valence-electron chi connectivity index (χ0n) is 15.3. The second-order valence-electron chi connectivity index (χ2n) is 7.03. The number of hydrogen-bond donors (Lipinski definition) is 1. The van der Waals surface area contributed by atoms with Crippen molar-refractivity contribution in [3.05, 3.63) is 71.3 Å². The van der Waals surface area contributed by atoms with Gasteiger partial charge in [0.25, 0.3) is 0 Å². The van der Waals surface area contributed by atoms with Gasteiger partial charge in [-0.1, -0.05) is 60.2 Å². The molecule has 1 aliphatic rings. The van der Waals surface area contributed by atoms with Gasteiger partial charge in [-0.25, -0.2) is 0 Å². The van der Waals surface area contributed by atoms with Crippen LogP contribution in [0.25, 0.3) is 0 Å². The Balaban J connectivity index is 1.67. The predicted octanol–water partition coefficient (Wildman–Crippen LogP) is 4.04. The van der Waals surface area contributed by atoms with Crippen molar-refractivity contribution in [2.24, 2.45) is 0 Å². The molecule has 4 nitrogen and oxygen atoms in total. The van der Waals surface area contributed by atoms with Crippen molar-refractivity contribution in [2.45, 2.75) is 38.4 Å². The highest BCUT2D eigenvalue weighted by Crippen LogP contribution is 2.30. The summed E-state index contributed by atoms with van der Waals surface area (Å²) in [4.78, 5) is 13.0. The summed E-state index contributed by atoms with van der Waals surface area (Å²) in [5.74, 6) is -0.730. The van der Waals surface area contributed by atoms with Gasteiger partial charge in [0.05, 0.1) is 12.5 Å². The van der Waals surface area contributed by atoms with Gasteiger partial charge in [-0.15, -0.1) is 0 Å². The van der Waals surface area contributed by atoms with Crippen LogP contribution >= 0.6 is 0 Å². The lowest BCUT2D eigenvalue weighted by Gasteiger charge is -2.34. The van der Waals surface area contributed by atoms with E-state index in [1.165, 1.54) is 16.7 Å². The van der Waals surface area contributed by atoms with Crippen LogP contribution in [0.5, 0.6) is 0 Å². The highest BCUT2D eigenvalue weighted by Gasteiger charge is 2.25. The lowest BCUT2D eigenvalue weighted by Crippen LogP contribution is -2.38. The van der Waals surface area contributed by atoms with E-state index in [-0.39, 0.29) is 18.6 Å². The summed E-state index contributed by atoms with van der Waals surface area (Å²) in [5.41, 5.74) is 3.59. The number of nitrogens with zero attached hydrogens (tertiary/aromatic N) is 1. The monoisotopic (exact) mass is 353 g/mol. The average Bonchev–Trinajstić information content (AvgIpc) is 2.66. The van der Waals surface area contributed by atoms with Crippen molar-refractivity contribution in [3.8, 4) is 0 Å². The van der Waals surface area contributed by atoms with Crippen LogP contribution in [0, 0.1) is 6.92 Å². The molecule has 1 unspecified atom stereocenters. The number of aliphatic carboxylic acids is 1. The third kappa shape index (κ3) is 5.16. The minimum Gasteiger partial charge on any atom is -0.481 e. The Bertz CT molecular complexity index is 708. The normalized spacial score (nSPS) is 17.1. The first-order valence-electron chi connectivity index (χ1n) is 9.33. The Hall–Kier alpha value is -2.17. The lowest BCUT2D eigenvalue weighted by atomic mass is 9.98. The van der Waals surface area contributed by atoms with Crippen molar-refractivity contribution >= 4 is 5.97 Å². The van der Waals surface area contributed by atoms with Crippen molar-refractivity contribution in [1.29, 1.82) is 0 Å². The summed E-state index contributed by atoms with van der Waals surface area (Å²) in [7, 11) is 0. The van der Waals surface area contributed by atoms with Crippen LogP contribution in [0.15, 0.2) is 54.6 Å². The van der Waals surface area contributed by atoms with E-state index in [0.717, 1.165) is 25.9 Å². The minimum absolute atomic E-state index is 0.0633. The van der Waals surface area contributed by atoms with Gasteiger partial charge < -0.3 is 14.7 Å². The molecule has 1 atom stereocenters. The van der Waals surface area contributed by atoms with Gasteiger partial charge in [0.15, 0.2) is 0 Å². The Morgan fingerprint density at radius 2 is 1.81 bits per heavy atom. The quantitative estimate of drug-likeness (QED) is 0.816. The second-order valence-corrected chi connectivity index (χ2v) is 7.03. The largest absolute Gasteiger partial charge is 0.481 e. The van der Waals surface area contributed by atoms with E-state index < -0.39 is 5.97 Å². The number of carboxylic acids is 1. The fourth-order valence-corrected chi connectivity index (χ4v) is 3.53. The maximum absolute atomic E-state index is 10.7. The van der Waals surface area contributed by atoms with Gasteiger partial charge >= 0.3 is 5.97 Å². The smallest absolute Gasteiger partial charge is 0.304 e. The molecule has 0 aromatic heterocycles. The fourth-order valence-electron chi connectivity index (χ4n) is 3.53. The molecule has 0 spiro atoms. The van der Waals surface area contributed by atoms with E-state index in [0.29, 0.717) is 6.54 Å². The van der Waals surface area contributed by atoms with Gasteiger partial charge in [-0.2, -0.15) is 0 Å². The highest BCUT2D eigenvalue weighted by molar-refractivity contribution is 5.66. The van der Waals surface area contributed by atoms with Crippen molar-refractivity contribution < 1.29 is 14.6 Å². The van der Waals surface area contributed by atoms with Gasteiger partial charge in [0, 0.05) is 19.6 Å². The molecule has 1 aliphatic heterocycles. The van der Waals surface area contributed by atoms with Crippen LogP contribution in [0.3, 0.4) is 0 Å². The van der Waals surface area contributed by atoms with E-state index in [1.807, 2.05) is 6.07 Å². The van der Waals surface area contributed by atoms with Crippen molar-refractivity contribution in [3.63, 3.8) is 0 Å². The SMILES string of the molecule is Cc1cccc(C(OC2CCN(CCC(=O)O)CC2)c2ccccc2)c1. The predicted molar refractivity (Wildman–Crippen MR) is 102 cm³/mol. The van der Waals surface area contributed by atoms with E-state index in [2.05, 4.69) is 60.4 Å². The Labute approximate surface area is 155 Å². The van der Waals surface area contributed by atoms with E-state index in [9.17, 15) is 4.79 Å². The number of benzene rings is 2. The maximum Gasteiger partial charge on any atom is 0.304 e. The lowest BCUT2D eigenvalue weighted by molar-refractivity contribution is -0.137. The third-order valence-electron chi connectivity index (χ3n) is 4.95. The molecule has 0 saturated carbocycles. The van der Waals surface area contributed by atoms with Crippen molar-refractivity contribution in [1.82, 2.24) is 4.90 Å². The molecule has 26 heavy (non-hydrogen) atoms. The summed E-state index contributed by atoms with van der Waals surface area (Å²) < 4.78 is 6.55. The number of hydrogen-bond acceptors (Lipinski definition) is 3. The van der Waals surface area contributed by atoms with Crippen molar-refractivity contribution in [2.75, 3.05) is 19.6 Å². The molecule has 1 fully saturated rings. The third-order valence-corrected chi connectivity index (χ3v) is 4.95. The number of rotatable bonds is 7. The molecule has 1 saturated heterocycles. The van der Waals surface area contributed by atoms with Crippen LogP contribution in [0.2, 0.25) is 0 Å². The van der Waals surface area contributed by atoms with Crippen LogP contribution in [-0.2, 0) is 9.53 Å². The van der Waals surface area contributed by atoms with Gasteiger partial charge in [0.2, 0.25) is 0 Å². The van der Waals surface area contributed by atoms with Crippen LogP contribution in [-0.4, -0.2) is 41.7 Å². The molecule has 1 heterocycles. The Kier molecular flexibility index (Phi) is 6.42. The second kappa shape index (κ2) is 8.97. The first-order chi connectivity index (χ1) is 12.6. The van der Waals surface area contributed by atoms with E-state index in [4.69, 9.17) is 9.84 Å². The number of likely N-dealkylation sites (tertiary alicyclic amines) is 1. The molecule has 3 rings (SSSR count). The molecular formula is C22H27NO3. The summed E-state index contributed by atoms with van der Waals surface area (Å²) in [6, 6.07) is 18.9. The highest BCUT2D eigenvalue weighted by atomic mass is 16.5. The summed E-state index contributed by atoms with van der Waals surface area (Å²) >= 11 is 0. The number of carboxylic acid groups (broad SMARTS) is 1. The van der Waals surface area contributed by atoms with E-state index in [1.54, 1.807) is 0 Å². The van der Waals surface area contributed by atoms with Gasteiger partial charge in [-0.05, 0) is 30.9 Å². The molecule has 2 aromatic carbocycles. The minimum atomic E-state index is -0.730. The molecule has 0 radical (unpaired) electrons. The molecule has 1 N–H and O–H groups in total. The molecule has 0 aliphatic carbocycles. The zero-order chi connectivity index (χ0) is 18.4. The number of piperidine rings is 1. The molecular weight excluding hydrogens is 326 g/mol. The number of carbonyl (C=O) groups is 1. The maximum atomic E-state index is 10.7. The zero-order valence-corrected chi connectivity index (χ0v) is 15.3. The standard InChI is InChI=1S/C22H27NO3/c1-17-6-5-9-19(16-17)22(18-7-3-2-4-8-18)26-20-10-13-23(14-11-20)15-12-21(24)25/h2-9,16,20,22H,10-15H2,1H3,(H,24,25). The Morgan fingerprint density at radius 1 is 1.12 bits per heavy atom. The summed E-state index contributed by atoms with van der Waals surface area (Å²) in [6.45, 7) is 4.52. The molecule has 4 heteroatoms. The fraction of sp³-hybridized carbons (Fsp3) is 0.409. The topological polar surface area (TPSA) is 49.8 Å². The summed E-state index contributed by atoms with van der Waals surface area (Å²) in [6.07, 6.45) is 2.22. The molecule has 138 valence electrons. The van der Waals surface area contributed by atoms with Crippen LogP contribution < -0.4 is 0 Å². The molecule has 0 amide bonds. The number of ether oxygens (including phenoxy) is 1. The van der Waals surface area contributed by atoms with Crippen LogP contribution in [0.1, 0.15) is 42.1 Å². The first-order valence-corrected chi connectivity index (χ1v) is 9.33. The molecule has 0 bridgehead atoms. The summed E-state index contributed by atoms with van der Waals surface area (Å²) in [5, 5.41) is 8.84. The Morgan fingerprint density at radius 3 is 2.46 bits per heavy atom. The first kappa shape index (κ1) is 18.6. The van der Waals surface area contributed by atoms with Gasteiger partial charge in [0.1, 0.15) is 6.10 Å². The van der Waals surface area contributed by atoms with Gasteiger partial charge in [-0.3, -0.25) is 4.79 Å².